The maximum atomic E-state index is 11.1. The zero-order valence-electron chi connectivity index (χ0n) is 8.20. The van der Waals surface area contributed by atoms with Crippen molar-refractivity contribution in [2.24, 2.45) is 0 Å². The Morgan fingerprint density at radius 2 is 2.60 bits per heavy atom. The molecular formula is C10H10ClNO3. The second-order valence-electron chi connectivity index (χ2n) is 3.33. The van der Waals surface area contributed by atoms with Crippen LogP contribution in [-0.4, -0.2) is 24.7 Å². The zero-order valence-corrected chi connectivity index (χ0v) is 8.95. The van der Waals surface area contributed by atoms with Gasteiger partial charge in [-0.2, -0.15) is 0 Å². The van der Waals surface area contributed by atoms with Crippen LogP contribution in [0.4, 0.5) is 0 Å². The van der Waals surface area contributed by atoms with Gasteiger partial charge in [-0.1, -0.05) is 11.6 Å². The molecule has 1 atom stereocenters. The number of pyridine rings is 1. The van der Waals surface area contributed by atoms with Gasteiger partial charge < -0.3 is 9.47 Å². The molecule has 0 spiro atoms. The molecule has 4 nitrogen and oxygen atoms in total. The number of esters is 1. The molecule has 1 aromatic heterocycles. The predicted octanol–water partition coefficient (Wildman–Crippen LogP) is 1.77. The van der Waals surface area contributed by atoms with Crippen LogP contribution in [0.2, 0.25) is 5.02 Å². The number of nitrogens with zero attached hydrogens (tertiary/aromatic N) is 1. The van der Waals surface area contributed by atoms with E-state index < -0.39 is 0 Å². The van der Waals surface area contributed by atoms with Gasteiger partial charge >= 0.3 is 5.97 Å². The number of hydrogen-bond acceptors (Lipinski definition) is 4. The Morgan fingerprint density at radius 3 is 3.33 bits per heavy atom. The lowest BCUT2D eigenvalue weighted by molar-refractivity contribution is -0.141. The minimum Gasteiger partial charge on any atom is -0.491 e. The monoisotopic (exact) mass is 227 g/mol. The van der Waals surface area contributed by atoms with E-state index in [1.807, 2.05) is 0 Å². The lowest BCUT2D eigenvalue weighted by Gasteiger charge is -2.05. The summed E-state index contributed by atoms with van der Waals surface area (Å²) < 4.78 is 9.99. The molecule has 80 valence electrons. The van der Waals surface area contributed by atoms with Crippen LogP contribution in [-0.2, 0) is 9.53 Å². The van der Waals surface area contributed by atoms with Gasteiger partial charge in [0, 0.05) is 18.2 Å². The van der Waals surface area contributed by atoms with E-state index >= 15 is 0 Å². The number of methoxy groups -OCH3 is 1. The molecular weight excluding hydrogens is 218 g/mol. The smallest absolute Gasteiger partial charge is 0.306 e. The van der Waals surface area contributed by atoms with Gasteiger partial charge in [-0.05, 0) is 0 Å². The number of hydrogen-bond donors (Lipinski definition) is 0. The fourth-order valence-electron chi connectivity index (χ4n) is 1.56. The van der Waals surface area contributed by atoms with Crippen molar-refractivity contribution in [1.29, 1.82) is 0 Å². The molecule has 1 unspecified atom stereocenters. The van der Waals surface area contributed by atoms with Crippen molar-refractivity contribution in [1.82, 2.24) is 4.98 Å². The molecule has 0 saturated carbocycles. The molecule has 0 saturated heterocycles. The Balaban J connectivity index is 2.18. The van der Waals surface area contributed by atoms with Crippen molar-refractivity contribution in [3.8, 4) is 5.75 Å². The first-order chi connectivity index (χ1) is 7.20. The Morgan fingerprint density at radius 1 is 1.80 bits per heavy atom. The number of rotatable bonds is 2. The Labute approximate surface area is 92.2 Å². The quantitative estimate of drug-likeness (QED) is 0.723. The number of aromatic nitrogens is 1. The van der Waals surface area contributed by atoms with Crippen molar-refractivity contribution < 1.29 is 14.3 Å². The molecule has 0 N–H and O–H groups in total. The van der Waals surface area contributed by atoms with Crippen LogP contribution >= 0.6 is 11.6 Å². The summed E-state index contributed by atoms with van der Waals surface area (Å²) in [5.41, 5.74) is 0.782. The number of ether oxygens (including phenoxy) is 2. The Hall–Kier alpha value is -1.29. The van der Waals surface area contributed by atoms with Gasteiger partial charge in [-0.3, -0.25) is 9.78 Å². The second kappa shape index (κ2) is 4.06. The third-order valence-electron chi connectivity index (χ3n) is 2.32. The highest BCUT2D eigenvalue weighted by molar-refractivity contribution is 6.30. The normalized spacial score (nSPS) is 18.1. The highest BCUT2D eigenvalue weighted by Gasteiger charge is 2.28. The number of carbonyl (C=O) groups excluding carboxylic acids is 1. The fourth-order valence-corrected chi connectivity index (χ4v) is 1.71. The van der Waals surface area contributed by atoms with E-state index in [-0.39, 0.29) is 18.3 Å². The van der Waals surface area contributed by atoms with E-state index in [9.17, 15) is 4.79 Å². The van der Waals surface area contributed by atoms with Crippen molar-refractivity contribution in [3.63, 3.8) is 0 Å². The summed E-state index contributed by atoms with van der Waals surface area (Å²) in [6, 6.07) is 1.71. The molecule has 5 heteroatoms. The first-order valence-electron chi connectivity index (χ1n) is 4.55. The van der Waals surface area contributed by atoms with Crippen LogP contribution in [0.15, 0.2) is 12.3 Å². The SMILES string of the molecule is COC(=O)CC1COc2cc(Cl)cnc21. The van der Waals surface area contributed by atoms with Gasteiger partial charge in [0.1, 0.15) is 5.75 Å². The van der Waals surface area contributed by atoms with E-state index in [0.29, 0.717) is 17.4 Å². The summed E-state index contributed by atoms with van der Waals surface area (Å²) in [7, 11) is 1.37. The topological polar surface area (TPSA) is 48.4 Å². The third kappa shape index (κ3) is 2.04. The summed E-state index contributed by atoms with van der Waals surface area (Å²) in [6.45, 7) is 0.456. The number of carbonyl (C=O) groups is 1. The molecule has 1 aliphatic rings. The fraction of sp³-hybridized carbons (Fsp3) is 0.400. The second-order valence-corrected chi connectivity index (χ2v) is 3.76. The summed E-state index contributed by atoms with van der Waals surface area (Å²) in [5, 5.41) is 0.535. The van der Waals surface area contributed by atoms with Gasteiger partial charge in [-0.15, -0.1) is 0 Å². The van der Waals surface area contributed by atoms with Crippen molar-refractivity contribution in [3.05, 3.63) is 23.0 Å². The maximum Gasteiger partial charge on any atom is 0.306 e. The lowest BCUT2D eigenvalue weighted by atomic mass is 10.0. The third-order valence-corrected chi connectivity index (χ3v) is 2.52. The molecule has 15 heavy (non-hydrogen) atoms. The highest BCUT2D eigenvalue weighted by atomic mass is 35.5. The molecule has 0 aromatic carbocycles. The summed E-state index contributed by atoms with van der Waals surface area (Å²) >= 11 is 5.77. The highest BCUT2D eigenvalue weighted by Crippen LogP contribution is 2.35. The zero-order chi connectivity index (χ0) is 10.8. The number of fused-ring (bicyclic) bond motifs is 1. The first-order valence-corrected chi connectivity index (χ1v) is 4.93. The van der Waals surface area contributed by atoms with Crippen molar-refractivity contribution >= 4 is 17.6 Å². The first kappa shape index (κ1) is 10.2. The minimum absolute atomic E-state index is 0.0234. The summed E-state index contributed by atoms with van der Waals surface area (Å²) in [5.74, 6) is 0.384. The Kier molecular flexibility index (Phi) is 2.77. The van der Waals surface area contributed by atoms with Crippen LogP contribution in [0.5, 0.6) is 5.75 Å². The summed E-state index contributed by atoms with van der Waals surface area (Å²) in [4.78, 5) is 15.3. The molecule has 0 bridgehead atoms. The predicted molar refractivity (Wildman–Crippen MR) is 54.1 cm³/mol. The molecule has 2 heterocycles. The van der Waals surface area contributed by atoms with Gasteiger partial charge in [0.2, 0.25) is 0 Å². The van der Waals surface area contributed by atoms with Gasteiger partial charge in [0.15, 0.2) is 0 Å². The molecule has 0 amide bonds. The van der Waals surface area contributed by atoms with Crippen LogP contribution < -0.4 is 4.74 Å². The molecule has 1 aliphatic heterocycles. The van der Waals surface area contributed by atoms with Crippen LogP contribution in [0.25, 0.3) is 0 Å². The van der Waals surface area contributed by atoms with Crippen LogP contribution in [0.1, 0.15) is 18.0 Å². The van der Waals surface area contributed by atoms with Crippen molar-refractivity contribution in [2.45, 2.75) is 12.3 Å². The van der Waals surface area contributed by atoms with E-state index in [1.165, 1.54) is 7.11 Å². The largest absolute Gasteiger partial charge is 0.491 e. The van der Waals surface area contributed by atoms with E-state index in [4.69, 9.17) is 16.3 Å². The van der Waals surface area contributed by atoms with Gasteiger partial charge in [0.05, 0.1) is 30.9 Å². The van der Waals surface area contributed by atoms with Crippen molar-refractivity contribution in [2.75, 3.05) is 13.7 Å². The van der Waals surface area contributed by atoms with Crippen LogP contribution in [0.3, 0.4) is 0 Å². The van der Waals surface area contributed by atoms with Crippen LogP contribution in [0, 0.1) is 0 Å². The Bertz CT molecular complexity index is 394. The molecule has 0 radical (unpaired) electrons. The van der Waals surface area contributed by atoms with Gasteiger partial charge in [-0.25, -0.2) is 0 Å². The molecule has 1 aromatic rings. The molecule has 0 fully saturated rings. The van der Waals surface area contributed by atoms with E-state index in [1.54, 1.807) is 12.3 Å². The minimum atomic E-state index is -0.256. The maximum absolute atomic E-state index is 11.1. The lowest BCUT2D eigenvalue weighted by Crippen LogP contribution is -2.10. The molecule has 0 aliphatic carbocycles. The standard InChI is InChI=1S/C10H10ClNO3/c1-14-9(13)2-6-5-15-8-3-7(11)4-12-10(6)8/h3-4,6H,2,5H2,1H3. The molecule has 2 rings (SSSR count). The number of halogens is 1. The average molecular weight is 228 g/mol. The van der Waals surface area contributed by atoms with E-state index in [2.05, 4.69) is 9.72 Å². The van der Waals surface area contributed by atoms with E-state index in [0.717, 1.165) is 5.69 Å². The average Bonchev–Trinajstić information content (AvgIpc) is 2.60. The van der Waals surface area contributed by atoms with Gasteiger partial charge in [0.25, 0.3) is 0 Å². The summed E-state index contributed by atoms with van der Waals surface area (Å²) in [6.07, 6.45) is 1.84.